The minimum atomic E-state index is -0.231. The summed E-state index contributed by atoms with van der Waals surface area (Å²) in [5, 5.41) is 5.69. The molecule has 2 heterocycles. The second-order valence-corrected chi connectivity index (χ2v) is 4.01. The Morgan fingerprint density at radius 2 is 2.00 bits per heavy atom. The lowest BCUT2D eigenvalue weighted by Gasteiger charge is -2.05. The van der Waals surface area contributed by atoms with Crippen molar-refractivity contribution in [3.63, 3.8) is 0 Å². The number of aryl methyl sites for hydroxylation is 1. The molecule has 0 radical (unpaired) electrons. The molecule has 0 saturated heterocycles. The van der Waals surface area contributed by atoms with E-state index in [1.54, 1.807) is 37.8 Å². The fraction of sp³-hybridized carbons (Fsp3) is 0.231. The van der Waals surface area contributed by atoms with Gasteiger partial charge in [-0.25, -0.2) is 4.98 Å². The molecular formula is C13H15N5O. The van der Waals surface area contributed by atoms with E-state index in [1.165, 1.54) is 0 Å². The number of aromatic nitrogens is 3. The van der Waals surface area contributed by atoms with Crippen molar-refractivity contribution in [2.75, 3.05) is 12.4 Å². The van der Waals surface area contributed by atoms with Crippen LogP contribution >= 0.6 is 0 Å². The lowest BCUT2D eigenvalue weighted by molar-refractivity contribution is 0.0945. The summed E-state index contributed by atoms with van der Waals surface area (Å²) in [6, 6.07) is 3.47. The van der Waals surface area contributed by atoms with Gasteiger partial charge in [0, 0.05) is 13.2 Å². The van der Waals surface area contributed by atoms with Crippen molar-refractivity contribution in [3.8, 4) is 0 Å². The fourth-order valence-electron chi connectivity index (χ4n) is 1.45. The zero-order valence-corrected chi connectivity index (χ0v) is 10.8. The van der Waals surface area contributed by atoms with Gasteiger partial charge in [0.25, 0.3) is 5.91 Å². The number of nitrogens with one attached hydrogen (secondary N) is 2. The number of hydrogen-bond acceptors (Lipinski definition) is 5. The van der Waals surface area contributed by atoms with Gasteiger partial charge in [0.15, 0.2) is 0 Å². The summed E-state index contributed by atoms with van der Waals surface area (Å²) in [4.78, 5) is 24.2. The van der Waals surface area contributed by atoms with Crippen LogP contribution in [0.25, 0.3) is 0 Å². The normalized spacial score (nSPS) is 10.0. The molecule has 98 valence electrons. The second-order valence-electron chi connectivity index (χ2n) is 4.01. The molecular weight excluding hydrogens is 242 g/mol. The number of pyridine rings is 1. The third-order valence-electron chi connectivity index (χ3n) is 2.55. The van der Waals surface area contributed by atoms with E-state index in [9.17, 15) is 4.79 Å². The number of amides is 1. The summed E-state index contributed by atoms with van der Waals surface area (Å²) in [6.45, 7) is 2.20. The Hall–Kier alpha value is -2.50. The number of rotatable bonds is 4. The van der Waals surface area contributed by atoms with Gasteiger partial charge in [-0.2, -0.15) is 0 Å². The van der Waals surface area contributed by atoms with E-state index < -0.39 is 0 Å². The van der Waals surface area contributed by atoms with E-state index in [4.69, 9.17) is 0 Å². The molecule has 0 aliphatic carbocycles. The number of hydrogen-bond donors (Lipinski definition) is 2. The Morgan fingerprint density at radius 1 is 1.16 bits per heavy atom. The van der Waals surface area contributed by atoms with Gasteiger partial charge in [0.1, 0.15) is 5.69 Å². The van der Waals surface area contributed by atoms with Crippen LogP contribution in [0.2, 0.25) is 0 Å². The zero-order chi connectivity index (χ0) is 13.7. The molecule has 0 aromatic carbocycles. The maximum atomic E-state index is 11.8. The first-order valence-corrected chi connectivity index (χ1v) is 5.88. The van der Waals surface area contributed by atoms with E-state index >= 15 is 0 Å². The molecule has 2 N–H and O–H groups in total. The Morgan fingerprint density at radius 3 is 2.58 bits per heavy atom. The number of carbonyl (C=O) groups excluding carboxylic acids is 1. The highest BCUT2D eigenvalue weighted by Gasteiger charge is 2.07. The van der Waals surface area contributed by atoms with Crippen molar-refractivity contribution in [2.24, 2.45) is 0 Å². The lowest BCUT2D eigenvalue weighted by Crippen LogP contribution is -2.24. The Bertz CT molecular complexity index is 550. The SMILES string of the molecule is CNc1ccc(C(=O)NCc2cnc(C)cn2)nc1. The van der Waals surface area contributed by atoms with Gasteiger partial charge in [0.2, 0.25) is 0 Å². The summed E-state index contributed by atoms with van der Waals surface area (Å²) in [6.07, 6.45) is 4.93. The molecule has 0 bridgehead atoms. The summed E-state index contributed by atoms with van der Waals surface area (Å²) in [5.74, 6) is -0.231. The molecule has 0 fully saturated rings. The minimum Gasteiger partial charge on any atom is -0.387 e. The zero-order valence-electron chi connectivity index (χ0n) is 10.8. The average Bonchev–Trinajstić information content (AvgIpc) is 2.46. The van der Waals surface area contributed by atoms with Crippen molar-refractivity contribution in [3.05, 3.63) is 47.8 Å². The molecule has 0 aliphatic heterocycles. The average molecular weight is 257 g/mol. The smallest absolute Gasteiger partial charge is 0.270 e. The van der Waals surface area contributed by atoms with Crippen LogP contribution in [0.4, 0.5) is 5.69 Å². The van der Waals surface area contributed by atoms with E-state index in [2.05, 4.69) is 25.6 Å². The van der Waals surface area contributed by atoms with Crippen molar-refractivity contribution in [1.82, 2.24) is 20.3 Å². The van der Waals surface area contributed by atoms with Gasteiger partial charge in [0.05, 0.1) is 36.0 Å². The lowest BCUT2D eigenvalue weighted by atomic mass is 10.3. The Kier molecular flexibility index (Phi) is 4.02. The molecule has 6 heteroatoms. The van der Waals surface area contributed by atoms with Crippen LogP contribution in [-0.4, -0.2) is 27.9 Å². The third-order valence-corrected chi connectivity index (χ3v) is 2.55. The van der Waals surface area contributed by atoms with Crippen LogP contribution < -0.4 is 10.6 Å². The van der Waals surface area contributed by atoms with Gasteiger partial charge in [-0.1, -0.05) is 0 Å². The minimum absolute atomic E-state index is 0.231. The Balaban J connectivity index is 1.95. The predicted octanol–water partition coefficient (Wildman–Crippen LogP) is 1.15. The molecule has 2 aromatic rings. The molecule has 0 unspecified atom stereocenters. The van der Waals surface area contributed by atoms with E-state index in [1.807, 2.05) is 6.92 Å². The monoisotopic (exact) mass is 257 g/mol. The summed E-state index contributed by atoms with van der Waals surface area (Å²) in [5.41, 5.74) is 2.80. The highest BCUT2D eigenvalue weighted by atomic mass is 16.1. The van der Waals surface area contributed by atoms with Crippen molar-refractivity contribution in [1.29, 1.82) is 0 Å². The van der Waals surface area contributed by atoms with Gasteiger partial charge >= 0.3 is 0 Å². The predicted molar refractivity (Wildman–Crippen MR) is 71.7 cm³/mol. The second kappa shape index (κ2) is 5.90. The summed E-state index contributed by atoms with van der Waals surface area (Å²) >= 11 is 0. The van der Waals surface area contributed by atoms with Crippen LogP contribution in [0.1, 0.15) is 21.9 Å². The van der Waals surface area contributed by atoms with E-state index in [0.717, 1.165) is 11.4 Å². The topological polar surface area (TPSA) is 79.8 Å². The Labute approximate surface area is 111 Å². The highest BCUT2D eigenvalue weighted by Crippen LogP contribution is 2.04. The molecule has 0 spiro atoms. The molecule has 2 rings (SSSR count). The van der Waals surface area contributed by atoms with Crippen LogP contribution in [-0.2, 0) is 6.54 Å². The molecule has 0 aliphatic rings. The molecule has 6 nitrogen and oxygen atoms in total. The van der Waals surface area contributed by atoms with Crippen molar-refractivity contribution in [2.45, 2.75) is 13.5 Å². The summed E-state index contributed by atoms with van der Waals surface area (Å²) in [7, 11) is 1.80. The first-order valence-electron chi connectivity index (χ1n) is 5.88. The van der Waals surface area contributed by atoms with E-state index in [-0.39, 0.29) is 5.91 Å². The fourth-order valence-corrected chi connectivity index (χ4v) is 1.45. The number of nitrogens with zero attached hydrogens (tertiary/aromatic N) is 3. The molecule has 0 atom stereocenters. The van der Waals surface area contributed by atoms with Crippen LogP contribution in [0.15, 0.2) is 30.7 Å². The molecule has 0 saturated carbocycles. The largest absolute Gasteiger partial charge is 0.387 e. The molecule has 1 amide bonds. The first kappa shape index (κ1) is 12.9. The van der Waals surface area contributed by atoms with Crippen molar-refractivity contribution >= 4 is 11.6 Å². The van der Waals surface area contributed by atoms with Gasteiger partial charge in [-0.15, -0.1) is 0 Å². The highest BCUT2D eigenvalue weighted by molar-refractivity contribution is 5.92. The standard InChI is InChI=1S/C13H15N5O/c1-9-5-16-11(7-15-9)8-18-13(19)12-4-3-10(14-2)6-17-12/h3-7,14H,8H2,1-2H3,(H,18,19). The van der Waals surface area contributed by atoms with Crippen LogP contribution in [0.5, 0.6) is 0 Å². The maximum absolute atomic E-state index is 11.8. The maximum Gasteiger partial charge on any atom is 0.270 e. The van der Waals surface area contributed by atoms with Crippen molar-refractivity contribution < 1.29 is 4.79 Å². The number of carbonyl (C=O) groups is 1. The third kappa shape index (κ3) is 3.48. The summed E-state index contributed by atoms with van der Waals surface area (Å²) < 4.78 is 0. The molecule has 2 aromatic heterocycles. The molecule has 19 heavy (non-hydrogen) atoms. The first-order chi connectivity index (χ1) is 9.19. The van der Waals surface area contributed by atoms with Gasteiger partial charge in [-0.3, -0.25) is 14.8 Å². The van der Waals surface area contributed by atoms with Crippen LogP contribution in [0, 0.1) is 6.92 Å². The van der Waals surface area contributed by atoms with Gasteiger partial charge < -0.3 is 10.6 Å². The quantitative estimate of drug-likeness (QED) is 0.859. The number of anilines is 1. The van der Waals surface area contributed by atoms with Crippen LogP contribution in [0.3, 0.4) is 0 Å². The van der Waals surface area contributed by atoms with Gasteiger partial charge in [-0.05, 0) is 19.1 Å². The van der Waals surface area contributed by atoms with E-state index in [0.29, 0.717) is 17.9 Å².